The average molecular weight is 336 g/mol. The van der Waals surface area contributed by atoms with Crippen LogP contribution in [-0.4, -0.2) is 19.8 Å². The summed E-state index contributed by atoms with van der Waals surface area (Å²) in [6, 6.07) is 5.42. The minimum atomic E-state index is -3.74. The van der Waals surface area contributed by atoms with E-state index in [-0.39, 0.29) is 4.90 Å². The summed E-state index contributed by atoms with van der Waals surface area (Å²) >= 11 is 3.52. The lowest BCUT2D eigenvalue weighted by atomic mass is 10.1. The van der Waals surface area contributed by atoms with Crippen LogP contribution in [0.25, 0.3) is 0 Å². The van der Waals surface area contributed by atoms with E-state index in [1.807, 2.05) is 0 Å². The van der Waals surface area contributed by atoms with Crippen LogP contribution in [0.15, 0.2) is 29.2 Å². The highest BCUT2D eigenvalue weighted by atomic mass is 79.9. The largest absolute Gasteiger partial charge is 0.243 e. The molecule has 1 fully saturated rings. The van der Waals surface area contributed by atoms with Gasteiger partial charge in [-0.1, -0.05) is 28.1 Å². The van der Waals surface area contributed by atoms with Gasteiger partial charge in [-0.2, -0.15) is 0 Å². The molecule has 0 bridgehead atoms. The van der Waals surface area contributed by atoms with Crippen molar-refractivity contribution in [3.63, 3.8) is 0 Å². The molecule has 0 radical (unpaired) electrons. The van der Waals surface area contributed by atoms with Gasteiger partial charge >= 0.3 is 0 Å². The van der Waals surface area contributed by atoms with E-state index in [1.165, 1.54) is 18.2 Å². The Morgan fingerprint density at radius 1 is 1.33 bits per heavy atom. The van der Waals surface area contributed by atoms with Gasteiger partial charge in [0, 0.05) is 11.4 Å². The zero-order valence-electron chi connectivity index (χ0n) is 9.77. The van der Waals surface area contributed by atoms with Crippen LogP contribution in [0.5, 0.6) is 0 Å². The van der Waals surface area contributed by atoms with Crippen molar-refractivity contribution >= 4 is 26.0 Å². The molecule has 1 aromatic carbocycles. The Morgan fingerprint density at radius 3 is 2.67 bits per heavy atom. The van der Waals surface area contributed by atoms with Crippen molar-refractivity contribution in [1.82, 2.24) is 4.72 Å². The fraction of sp³-hybridized carbons (Fsp3) is 0.500. The SMILES string of the molecule is O=S(=O)(NCC1CCC(Br)C1)c1ccccc1F. The Bertz CT molecular complexity index is 521. The molecule has 2 atom stereocenters. The van der Waals surface area contributed by atoms with Crippen LogP contribution in [0.2, 0.25) is 0 Å². The third kappa shape index (κ3) is 3.30. The van der Waals surface area contributed by atoms with Crippen LogP contribution in [0.3, 0.4) is 0 Å². The normalized spacial score (nSPS) is 24.3. The summed E-state index contributed by atoms with van der Waals surface area (Å²) in [5.41, 5.74) is 0. The standard InChI is InChI=1S/C12H15BrFNO2S/c13-10-6-5-9(7-10)8-15-18(16,17)12-4-2-1-3-11(12)14/h1-4,9-10,15H,5-8H2. The lowest BCUT2D eigenvalue weighted by Crippen LogP contribution is -2.29. The Balaban J connectivity index is 2.02. The van der Waals surface area contributed by atoms with Gasteiger partial charge in [-0.15, -0.1) is 0 Å². The maximum Gasteiger partial charge on any atom is 0.243 e. The van der Waals surface area contributed by atoms with Crippen LogP contribution >= 0.6 is 15.9 Å². The van der Waals surface area contributed by atoms with E-state index in [0.29, 0.717) is 17.3 Å². The second-order valence-electron chi connectivity index (χ2n) is 4.56. The van der Waals surface area contributed by atoms with Gasteiger partial charge in [0.1, 0.15) is 10.7 Å². The van der Waals surface area contributed by atoms with Gasteiger partial charge in [0.25, 0.3) is 0 Å². The van der Waals surface area contributed by atoms with Crippen molar-refractivity contribution in [2.24, 2.45) is 5.92 Å². The van der Waals surface area contributed by atoms with Crippen molar-refractivity contribution in [1.29, 1.82) is 0 Å². The number of hydrogen-bond donors (Lipinski definition) is 1. The first-order chi connectivity index (χ1) is 8.49. The fourth-order valence-corrected chi connectivity index (χ4v) is 4.15. The van der Waals surface area contributed by atoms with Gasteiger partial charge in [-0.3, -0.25) is 0 Å². The fourth-order valence-electron chi connectivity index (χ4n) is 2.17. The summed E-state index contributed by atoms with van der Waals surface area (Å²) in [5.74, 6) is -0.384. The average Bonchev–Trinajstić information content (AvgIpc) is 2.73. The third-order valence-electron chi connectivity index (χ3n) is 3.17. The highest BCUT2D eigenvalue weighted by molar-refractivity contribution is 9.09. The quantitative estimate of drug-likeness (QED) is 0.860. The molecule has 1 saturated carbocycles. The maximum atomic E-state index is 13.4. The molecule has 0 heterocycles. The molecule has 100 valence electrons. The summed E-state index contributed by atoms with van der Waals surface area (Å²) in [4.78, 5) is 0.193. The van der Waals surface area contributed by atoms with Gasteiger partial charge in [-0.25, -0.2) is 17.5 Å². The van der Waals surface area contributed by atoms with Gasteiger partial charge in [0.15, 0.2) is 0 Å². The second kappa shape index (κ2) is 5.67. The Labute approximate surface area is 115 Å². The van der Waals surface area contributed by atoms with E-state index in [1.54, 1.807) is 0 Å². The van der Waals surface area contributed by atoms with Crippen molar-refractivity contribution in [3.05, 3.63) is 30.1 Å². The van der Waals surface area contributed by atoms with Gasteiger partial charge < -0.3 is 0 Å². The number of hydrogen-bond acceptors (Lipinski definition) is 2. The third-order valence-corrected chi connectivity index (χ3v) is 5.45. The number of halogens is 2. The van der Waals surface area contributed by atoms with Crippen molar-refractivity contribution in [2.45, 2.75) is 29.0 Å². The lowest BCUT2D eigenvalue weighted by molar-refractivity contribution is 0.515. The van der Waals surface area contributed by atoms with E-state index in [9.17, 15) is 12.8 Å². The van der Waals surface area contributed by atoms with Crippen LogP contribution in [0.4, 0.5) is 4.39 Å². The van der Waals surface area contributed by atoms with E-state index in [4.69, 9.17) is 0 Å². The van der Waals surface area contributed by atoms with Crippen LogP contribution in [0, 0.1) is 11.7 Å². The minimum absolute atomic E-state index is 0.279. The Morgan fingerprint density at radius 2 is 2.06 bits per heavy atom. The van der Waals surface area contributed by atoms with Crippen LogP contribution < -0.4 is 4.72 Å². The molecule has 2 unspecified atom stereocenters. The monoisotopic (exact) mass is 335 g/mol. The van der Waals surface area contributed by atoms with Gasteiger partial charge in [0.2, 0.25) is 10.0 Å². The number of alkyl halides is 1. The molecule has 2 rings (SSSR count). The van der Waals surface area contributed by atoms with Crippen molar-refractivity contribution in [2.75, 3.05) is 6.54 Å². The highest BCUT2D eigenvalue weighted by Crippen LogP contribution is 2.30. The maximum absolute atomic E-state index is 13.4. The zero-order valence-corrected chi connectivity index (χ0v) is 12.2. The van der Waals surface area contributed by atoms with Crippen molar-refractivity contribution < 1.29 is 12.8 Å². The molecular weight excluding hydrogens is 321 g/mol. The first-order valence-corrected chi connectivity index (χ1v) is 8.27. The molecule has 0 saturated heterocycles. The molecule has 1 aliphatic rings. The minimum Gasteiger partial charge on any atom is -0.211 e. The van der Waals surface area contributed by atoms with Crippen molar-refractivity contribution in [3.8, 4) is 0 Å². The van der Waals surface area contributed by atoms with E-state index >= 15 is 0 Å². The highest BCUT2D eigenvalue weighted by Gasteiger charge is 2.25. The molecule has 1 aromatic rings. The van der Waals surface area contributed by atoms with E-state index in [0.717, 1.165) is 25.3 Å². The number of sulfonamides is 1. The van der Waals surface area contributed by atoms with E-state index < -0.39 is 15.8 Å². The summed E-state index contributed by atoms with van der Waals surface area (Å²) < 4.78 is 39.8. The molecule has 0 spiro atoms. The summed E-state index contributed by atoms with van der Waals surface area (Å²) in [6.45, 7) is 0.374. The van der Waals surface area contributed by atoms with E-state index in [2.05, 4.69) is 20.7 Å². The molecule has 18 heavy (non-hydrogen) atoms. The van der Waals surface area contributed by atoms with Gasteiger partial charge in [0.05, 0.1) is 0 Å². The Hall–Kier alpha value is -0.460. The summed E-state index contributed by atoms with van der Waals surface area (Å²) in [6.07, 6.45) is 3.02. The predicted octanol–water partition coefficient (Wildman–Crippen LogP) is 2.67. The number of nitrogens with one attached hydrogen (secondary N) is 1. The topological polar surface area (TPSA) is 46.2 Å². The van der Waals surface area contributed by atoms with Crippen LogP contribution in [0.1, 0.15) is 19.3 Å². The smallest absolute Gasteiger partial charge is 0.211 e. The predicted molar refractivity (Wildman–Crippen MR) is 71.6 cm³/mol. The molecule has 1 aliphatic carbocycles. The number of benzene rings is 1. The molecule has 3 nitrogen and oxygen atoms in total. The Kier molecular flexibility index (Phi) is 4.40. The second-order valence-corrected chi connectivity index (χ2v) is 7.59. The summed E-state index contributed by atoms with van der Waals surface area (Å²) in [7, 11) is -3.74. The molecule has 0 aromatic heterocycles. The molecule has 1 N–H and O–H groups in total. The summed E-state index contributed by atoms with van der Waals surface area (Å²) in [5, 5.41) is 0. The molecule has 6 heteroatoms. The lowest BCUT2D eigenvalue weighted by Gasteiger charge is -2.11. The van der Waals surface area contributed by atoms with Crippen LogP contribution in [-0.2, 0) is 10.0 Å². The molecule has 0 amide bonds. The van der Waals surface area contributed by atoms with Gasteiger partial charge in [-0.05, 0) is 37.3 Å². The molecular formula is C12H15BrFNO2S. The number of rotatable bonds is 4. The molecule has 0 aliphatic heterocycles. The zero-order chi connectivity index (χ0) is 13.2. The first-order valence-electron chi connectivity index (χ1n) is 5.87. The first kappa shape index (κ1) is 14.0.